The minimum atomic E-state index is -0.731. The van der Waals surface area contributed by atoms with Crippen molar-refractivity contribution in [2.45, 2.75) is 63.8 Å². The van der Waals surface area contributed by atoms with Crippen LogP contribution < -0.4 is 0 Å². The highest BCUT2D eigenvalue weighted by Crippen LogP contribution is 2.64. The molecule has 1 aliphatic heterocycles. The first-order valence-corrected chi connectivity index (χ1v) is 7.49. The molecule has 0 bridgehead atoms. The molecular weight excluding hydrogens is 252 g/mol. The van der Waals surface area contributed by atoms with Crippen molar-refractivity contribution in [1.29, 1.82) is 0 Å². The van der Waals surface area contributed by atoms with E-state index in [1.54, 1.807) is 0 Å². The zero-order chi connectivity index (χ0) is 14.4. The van der Waals surface area contributed by atoms with Crippen molar-refractivity contribution in [2.24, 2.45) is 0 Å². The van der Waals surface area contributed by atoms with Gasteiger partial charge in [0.25, 0.3) is 0 Å². The smallest absolute Gasteiger partial charge is 0.342 e. The van der Waals surface area contributed by atoms with Gasteiger partial charge in [0.2, 0.25) is 0 Å². The van der Waals surface area contributed by atoms with Crippen LogP contribution >= 0.6 is 0 Å². The van der Waals surface area contributed by atoms with Crippen LogP contribution in [0.4, 0.5) is 0 Å². The molecule has 1 aromatic carbocycles. The number of aryl methyl sites for hydroxylation is 1. The fourth-order valence-electron chi connectivity index (χ4n) is 3.40. The molecule has 1 aromatic rings. The van der Waals surface area contributed by atoms with Gasteiger partial charge in [0.15, 0.2) is 5.60 Å². The topological polar surface area (TPSA) is 38.8 Å². The number of carbonyl (C=O) groups excluding carboxylic acids is 1. The molecule has 0 radical (unpaired) electrons. The summed E-state index contributed by atoms with van der Waals surface area (Å²) >= 11 is 0. The number of rotatable bonds is 3. The van der Waals surface area contributed by atoms with Crippen molar-refractivity contribution in [3.05, 3.63) is 35.4 Å². The van der Waals surface area contributed by atoms with Crippen LogP contribution in [0.2, 0.25) is 0 Å². The van der Waals surface area contributed by atoms with Gasteiger partial charge in [-0.05, 0) is 52.0 Å². The molecule has 2 aliphatic rings. The molecule has 3 rings (SSSR count). The Bertz CT molecular complexity index is 520. The van der Waals surface area contributed by atoms with Gasteiger partial charge < -0.3 is 9.47 Å². The van der Waals surface area contributed by atoms with Gasteiger partial charge in [-0.3, -0.25) is 0 Å². The third-order valence-corrected chi connectivity index (χ3v) is 4.46. The summed E-state index contributed by atoms with van der Waals surface area (Å²) in [5.74, 6) is -0.187. The normalized spacial score (nSPS) is 31.8. The summed E-state index contributed by atoms with van der Waals surface area (Å²) in [6.07, 6.45) is 3.71. The molecule has 3 nitrogen and oxygen atoms in total. The third kappa shape index (κ3) is 1.87. The molecule has 1 heterocycles. The average Bonchev–Trinajstić information content (AvgIpc) is 3.10. The highest BCUT2D eigenvalue weighted by atomic mass is 16.7. The lowest BCUT2D eigenvalue weighted by atomic mass is 9.75. The van der Waals surface area contributed by atoms with Crippen molar-refractivity contribution in [3.8, 4) is 0 Å². The zero-order valence-electron chi connectivity index (χ0n) is 12.4. The zero-order valence-corrected chi connectivity index (χ0v) is 12.4. The van der Waals surface area contributed by atoms with Gasteiger partial charge in [-0.2, -0.15) is 0 Å². The van der Waals surface area contributed by atoms with Crippen LogP contribution in [0, 0.1) is 6.92 Å². The van der Waals surface area contributed by atoms with E-state index in [1.807, 2.05) is 13.8 Å². The first-order valence-electron chi connectivity index (χ1n) is 7.49. The summed E-state index contributed by atoms with van der Waals surface area (Å²) in [6.45, 7) is 5.83. The predicted molar refractivity (Wildman–Crippen MR) is 76.4 cm³/mol. The summed E-state index contributed by atoms with van der Waals surface area (Å²) < 4.78 is 11.5. The van der Waals surface area contributed by atoms with Crippen LogP contribution in [0.1, 0.15) is 50.7 Å². The molecule has 3 heteroatoms. The van der Waals surface area contributed by atoms with Crippen molar-refractivity contribution in [3.63, 3.8) is 0 Å². The lowest BCUT2D eigenvalue weighted by molar-refractivity contribution is -0.154. The quantitative estimate of drug-likeness (QED) is 0.625. The molecule has 1 aliphatic carbocycles. The molecule has 2 fully saturated rings. The van der Waals surface area contributed by atoms with E-state index < -0.39 is 11.2 Å². The highest BCUT2D eigenvalue weighted by Gasteiger charge is 2.76. The second-order valence-electron chi connectivity index (χ2n) is 6.28. The Morgan fingerprint density at radius 1 is 1.20 bits per heavy atom. The third-order valence-electron chi connectivity index (χ3n) is 4.46. The molecule has 108 valence electrons. The Morgan fingerprint density at radius 3 is 2.50 bits per heavy atom. The van der Waals surface area contributed by atoms with Crippen LogP contribution in [0.25, 0.3) is 0 Å². The van der Waals surface area contributed by atoms with Gasteiger partial charge >= 0.3 is 5.97 Å². The Morgan fingerprint density at radius 2 is 1.85 bits per heavy atom. The van der Waals surface area contributed by atoms with E-state index in [-0.39, 0.29) is 12.1 Å². The summed E-state index contributed by atoms with van der Waals surface area (Å²) in [6, 6.07) is 8.34. The van der Waals surface area contributed by atoms with Gasteiger partial charge in [-0.1, -0.05) is 29.8 Å². The predicted octanol–water partition coefficient (Wildman–Crippen LogP) is 3.48. The Hall–Kier alpha value is -1.35. The van der Waals surface area contributed by atoms with E-state index in [2.05, 4.69) is 31.2 Å². The summed E-state index contributed by atoms with van der Waals surface area (Å²) in [5, 5.41) is 0. The molecular formula is C17H22O3. The Kier molecular flexibility index (Phi) is 3.13. The van der Waals surface area contributed by atoms with E-state index in [1.165, 1.54) is 5.56 Å². The number of hydrogen-bond donors (Lipinski definition) is 0. The van der Waals surface area contributed by atoms with Gasteiger partial charge in [0, 0.05) is 0 Å². The number of ether oxygens (including phenoxy) is 2. The van der Waals surface area contributed by atoms with Gasteiger partial charge in [-0.25, -0.2) is 4.79 Å². The number of epoxide rings is 1. The van der Waals surface area contributed by atoms with E-state index >= 15 is 0 Å². The molecule has 0 N–H and O–H groups in total. The summed E-state index contributed by atoms with van der Waals surface area (Å²) in [5.41, 5.74) is 1.16. The highest BCUT2D eigenvalue weighted by molar-refractivity contribution is 5.86. The maximum absolute atomic E-state index is 12.5. The Labute approximate surface area is 120 Å². The molecule has 1 saturated carbocycles. The van der Waals surface area contributed by atoms with E-state index in [0.717, 1.165) is 31.2 Å². The largest absolute Gasteiger partial charge is 0.461 e. The van der Waals surface area contributed by atoms with Crippen LogP contribution in [-0.2, 0) is 19.9 Å². The summed E-state index contributed by atoms with van der Waals surface area (Å²) in [4.78, 5) is 12.5. The fraction of sp³-hybridized carbons (Fsp3) is 0.588. The lowest BCUT2D eigenvalue weighted by Crippen LogP contribution is -2.38. The average molecular weight is 274 g/mol. The molecule has 0 amide bonds. The molecule has 2 atom stereocenters. The van der Waals surface area contributed by atoms with Crippen LogP contribution in [0.3, 0.4) is 0 Å². The van der Waals surface area contributed by atoms with Gasteiger partial charge in [-0.15, -0.1) is 0 Å². The fourth-order valence-corrected chi connectivity index (χ4v) is 3.40. The van der Waals surface area contributed by atoms with Crippen molar-refractivity contribution < 1.29 is 14.3 Å². The van der Waals surface area contributed by atoms with Crippen molar-refractivity contribution in [1.82, 2.24) is 0 Å². The van der Waals surface area contributed by atoms with Crippen LogP contribution in [0.15, 0.2) is 24.3 Å². The molecule has 2 unspecified atom stereocenters. The SMILES string of the molecule is Cc1ccc(C23CCCCC2(C(=O)OC(C)C)O3)cc1. The monoisotopic (exact) mass is 274 g/mol. The number of fused-ring (bicyclic) bond motifs is 1. The number of esters is 1. The van der Waals surface area contributed by atoms with Crippen LogP contribution in [-0.4, -0.2) is 17.7 Å². The summed E-state index contributed by atoms with van der Waals surface area (Å²) in [7, 11) is 0. The minimum Gasteiger partial charge on any atom is -0.461 e. The second kappa shape index (κ2) is 4.59. The lowest BCUT2D eigenvalue weighted by Gasteiger charge is -2.24. The van der Waals surface area contributed by atoms with E-state index in [4.69, 9.17) is 9.47 Å². The standard InChI is InChI=1S/C17H22O3/c1-12(2)19-15(18)17-11-5-4-10-16(17,20-17)14-8-6-13(3)7-9-14/h6-9,12H,4-5,10-11H2,1-3H3. The van der Waals surface area contributed by atoms with E-state index in [9.17, 15) is 4.79 Å². The molecule has 0 spiro atoms. The van der Waals surface area contributed by atoms with Gasteiger partial charge in [0.1, 0.15) is 5.60 Å². The Balaban J connectivity index is 1.92. The first-order chi connectivity index (χ1) is 9.50. The number of hydrogen-bond acceptors (Lipinski definition) is 3. The number of carbonyl (C=O) groups is 1. The first kappa shape index (κ1) is 13.6. The minimum absolute atomic E-state index is 0.0984. The maximum Gasteiger partial charge on any atom is 0.342 e. The second-order valence-corrected chi connectivity index (χ2v) is 6.28. The molecule has 20 heavy (non-hydrogen) atoms. The van der Waals surface area contributed by atoms with Gasteiger partial charge in [0.05, 0.1) is 6.10 Å². The molecule has 1 saturated heterocycles. The van der Waals surface area contributed by atoms with E-state index in [0.29, 0.717) is 0 Å². The van der Waals surface area contributed by atoms with Crippen molar-refractivity contribution >= 4 is 5.97 Å². The van der Waals surface area contributed by atoms with Crippen LogP contribution in [0.5, 0.6) is 0 Å². The van der Waals surface area contributed by atoms with Crippen molar-refractivity contribution in [2.75, 3.05) is 0 Å². The maximum atomic E-state index is 12.5. The molecule has 0 aromatic heterocycles. The number of benzene rings is 1.